The summed E-state index contributed by atoms with van der Waals surface area (Å²) in [6.07, 6.45) is 1.84. The van der Waals surface area contributed by atoms with E-state index in [1.807, 2.05) is 30.3 Å². The van der Waals surface area contributed by atoms with Gasteiger partial charge in [-0.15, -0.1) is 0 Å². The second-order valence-electron chi connectivity index (χ2n) is 7.46. The topological polar surface area (TPSA) is 21.7 Å². The summed E-state index contributed by atoms with van der Waals surface area (Å²) in [5.41, 5.74) is 2.24. The van der Waals surface area contributed by atoms with Crippen molar-refractivity contribution in [2.45, 2.75) is 32.8 Å². The van der Waals surface area contributed by atoms with Crippen LogP contribution in [0, 0.1) is 17.8 Å². The highest BCUT2D eigenvalue weighted by Crippen LogP contribution is 2.28. The normalized spacial score (nSPS) is 15.7. The minimum absolute atomic E-state index is 0.0386. The van der Waals surface area contributed by atoms with Gasteiger partial charge in [0.2, 0.25) is 0 Å². The zero-order valence-electron chi connectivity index (χ0n) is 17.0. The van der Waals surface area contributed by atoms with Gasteiger partial charge in [-0.3, -0.25) is 4.90 Å². The van der Waals surface area contributed by atoms with Crippen LogP contribution in [0.4, 0.5) is 0 Å². The molecule has 0 N–H and O–H groups in total. The fourth-order valence-electron chi connectivity index (χ4n) is 3.25. The summed E-state index contributed by atoms with van der Waals surface area (Å²) < 4.78 is 11.7. The predicted octanol–water partition coefficient (Wildman–Crippen LogP) is 4.88. The van der Waals surface area contributed by atoms with Gasteiger partial charge in [-0.25, -0.2) is 0 Å². The predicted molar refractivity (Wildman–Crippen MR) is 114 cm³/mol. The van der Waals surface area contributed by atoms with E-state index in [9.17, 15) is 0 Å². The Bertz CT molecular complexity index is 753. The minimum atomic E-state index is 0.0386. The second-order valence-corrected chi connectivity index (χ2v) is 7.46. The van der Waals surface area contributed by atoms with E-state index < -0.39 is 0 Å². The van der Waals surface area contributed by atoms with Crippen LogP contribution >= 0.6 is 0 Å². The molecule has 3 nitrogen and oxygen atoms in total. The van der Waals surface area contributed by atoms with E-state index in [1.165, 1.54) is 11.5 Å². The van der Waals surface area contributed by atoms with Crippen LogP contribution in [0.1, 0.15) is 43.9 Å². The Morgan fingerprint density at radius 1 is 1.04 bits per heavy atom. The third kappa shape index (κ3) is 6.71. The van der Waals surface area contributed by atoms with Crippen molar-refractivity contribution in [2.24, 2.45) is 0 Å². The van der Waals surface area contributed by atoms with E-state index in [-0.39, 0.29) is 6.10 Å². The van der Waals surface area contributed by atoms with Crippen LogP contribution in [-0.4, -0.2) is 37.7 Å². The van der Waals surface area contributed by atoms with E-state index in [1.54, 1.807) is 0 Å². The molecular formula is C25H30NO2. The third-order valence-corrected chi connectivity index (χ3v) is 4.79. The molecule has 3 heteroatoms. The molecule has 1 heterocycles. The summed E-state index contributed by atoms with van der Waals surface area (Å²) in [7, 11) is 0. The smallest absolute Gasteiger partial charge is 0.124 e. The average molecular weight is 377 g/mol. The molecule has 1 saturated heterocycles. The SMILES string of the molecule is C[C](C)CC(Oc1ccc(C#CCCN2CCOCC2)cc1)c1ccccc1. The fourth-order valence-corrected chi connectivity index (χ4v) is 3.25. The van der Waals surface area contributed by atoms with Gasteiger partial charge in [-0.2, -0.15) is 0 Å². The highest BCUT2D eigenvalue weighted by molar-refractivity contribution is 5.38. The number of hydrogen-bond donors (Lipinski definition) is 0. The first-order valence-corrected chi connectivity index (χ1v) is 10.1. The first kappa shape index (κ1) is 20.5. The van der Waals surface area contributed by atoms with Gasteiger partial charge in [-0.1, -0.05) is 56.0 Å². The van der Waals surface area contributed by atoms with E-state index >= 15 is 0 Å². The van der Waals surface area contributed by atoms with Crippen LogP contribution in [0.5, 0.6) is 5.75 Å². The maximum atomic E-state index is 6.28. The lowest BCUT2D eigenvalue weighted by Crippen LogP contribution is -2.36. The molecule has 1 aliphatic heterocycles. The molecule has 0 spiro atoms. The molecule has 0 aromatic heterocycles. The summed E-state index contributed by atoms with van der Waals surface area (Å²) in [4.78, 5) is 2.41. The third-order valence-electron chi connectivity index (χ3n) is 4.79. The molecule has 2 aromatic rings. The average Bonchev–Trinajstić information content (AvgIpc) is 2.73. The molecule has 1 radical (unpaired) electrons. The lowest BCUT2D eigenvalue weighted by Gasteiger charge is -2.25. The van der Waals surface area contributed by atoms with Crippen molar-refractivity contribution in [2.75, 3.05) is 32.8 Å². The zero-order chi connectivity index (χ0) is 19.6. The van der Waals surface area contributed by atoms with Crippen LogP contribution in [-0.2, 0) is 4.74 Å². The molecule has 0 amide bonds. The van der Waals surface area contributed by atoms with Gasteiger partial charge in [0.25, 0.3) is 0 Å². The number of nitrogens with zero attached hydrogens (tertiary/aromatic N) is 1. The van der Waals surface area contributed by atoms with Crippen molar-refractivity contribution in [1.82, 2.24) is 4.90 Å². The number of hydrogen-bond acceptors (Lipinski definition) is 3. The van der Waals surface area contributed by atoms with Crippen molar-refractivity contribution in [3.63, 3.8) is 0 Å². The van der Waals surface area contributed by atoms with Gasteiger partial charge in [-0.05, 0) is 42.2 Å². The molecule has 147 valence electrons. The lowest BCUT2D eigenvalue weighted by molar-refractivity contribution is 0.0390. The Balaban J connectivity index is 1.55. The van der Waals surface area contributed by atoms with Gasteiger partial charge in [0, 0.05) is 31.6 Å². The Morgan fingerprint density at radius 3 is 2.43 bits per heavy atom. The van der Waals surface area contributed by atoms with Gasteiger partial charge in [0.05, 0.1) is 13.2 Å². The molecular weight excluding hydrogens is 346 g/mol. The van der Waals surface area contributed by atoms with Crippen molar-refractivity contribution in [3.05, 3.63) is 71.6 Å². The van der Waals surface area contributed by atoms with Crippen LogP contribution in [0.2, 0.25) is 0 Å². The van der Waals surface area contributed by atoms with Gasteiger partial charge in [0.1, 0.15) is 11.9 Å². The van der Waals surface area contributed by atoms with Crippen molar-refractivity contribution >= 4 is 0 Å². The second kappa shape index (κ2) is 10.9. The Kier molecular flexibility index (Phi) is 7.96. The van der Waals surface area contributed by atoms with Crippen molar-refractivity contribution < 1.29 is 9.47 Å². The van der Waals surface area contributed by atoms with Crippen molar-refractivity contribution in [1.29, 1.82) is 0 Å². The number of morpholine rings is 1. The maximum Gasteiger partial charge on any atom is 0.124 e. The van der Waals surface area contributed by atoms with Gasteiger partial charge < -0.3 is 9.47 Å². The Morgan fingerprint density at radius 2 is 1.75 bits per heavy atom. The van der Waals surface area contributed by atoms with Crippen LogP contribution in [0.3, 0.4) is 0 Å². The molecule has 2 aromatic carbocycles. The minimum Gasteiger partial charge on any atom is -0.486 e. The molecule has 1 fully saturated rings. The first-order valence-electron chi connectivity index (χ1n) is 10.1. The van der Waals surface area contributed by atoms with Crippen LogP contribution in [0.25, 0.3) is 0 Å². The first-order chi connectivity index (χ1) is 13.7. The molecule has 3 rings (SSSR count). The molecule has 0 saturated carbocycles. The number of ether oxygens (including phenoxy) is 2. The molecule has 1 unspecified atom stereocenters. The zero-order valence-corrected chi connectivity index (χ0v) is 17.0. The van der Waals surface area contributed by atoms with E-state index in [0.29, 0.717) is 0 Å². The van der Waals surface area contributed by atoms with E-state index in [2.05, 4.69) is 54.9 Å². The molecule has 28 heavy (non-hydrogen) atoms. The monoisotopic (exact) mass is 376 g/mol. The molecule has 1 atom stereocenters. The lowest BCUT2D eigenvalue weighted by atomic mass is 9.99. The van der Waals surface area contributed by atoms with E-state index in [0.717, 1.165) is 57.0 Å². The Labute approximate surface area is 169 Å². The number of rotatable bonds is 7. The highest BCUT2D eigenvalue weighted by Gasteiger charge is 2.15. The summed E-state index contributed by atoms with van der Waals surface area (Å²) in [5.74, 6) is 8.79. The number of benzene rings is 2. The maximum absolute atomic E-state index is 6.28. The van der Waals surface area contributed by atoms with E-state index in [4.69, 9.17) is 9.47 Å². The summed E-state index contributed by atoms with van der Waals surface area (Å²) in [6, 6.07) is 18.5. The molecule has 1 aliphatic rings. The molecule has 0 aliphatic carbocycles. The quantitative estimate of drug-likeness (QED) is 0.643. The fraction of sp³-hybridized carbons (Fsp3) is 0.400. The van der Waals surface area contributed by atoms with Crippen LogP contribution < -0.4 is 4.74 Å². The van der Waals surface area contributed by atoms with Gasteiger partial charge in [0.15, 0.2) is 0 Å². The van der Waals surface area contributed by atoms with Crippen LogP contribution in [0.15, 0.2) is 54.6 Å². The largest absolute Gasteiger partial charge is 0.486 e. The van der Waals surface area contributed by atoms with Crippen molar-refractivity contribution in [3.8, 4) is 17.6 Å². The summed E-state index contributed by atoms with van der Waals surface area (Å²) in [5, 5.41) is 0. The summed E-state index contributed by atoms with van der Waals surface area (Å²) in [6.45, 7) is 9.03. The standard InChI is InChI=1S/C25H30NO2/c1-21(2)20-25(23-9-4-3-5-10-23)28-24-13-11-22(12-14-24)8-6-7-15-26-16-18-27-19-17-26/h3-5,9-14,25H,7,15-20H2,1-2H3. The Hall–Kier alpha value is -2.28. The summed E-state index contributed by atoms with van der Waals surface area (Å²) >= 11 is 0. The van der Waals surface area contributed by atoms with Gasteiger partial charge >= 0.3 is 0 Å². The molecule has 0 bridgehead atoms. The highest BCUT2D eigenvalue weighted by atomic mass is 16.5.